The van der Waals surface area contributed by atoms with Gasteiger partial charge in [0.05, 0.1) is 25.0 Å². The third kappa shape index (κ3) is 6.38. The Balaban J connectivity index is 0.000000575. The van der Waals surface area contributed by atoms with Crippen LogP contribution in [0.1, 0.15) is 18.1 Å². The number of rotatable bonds is 7. The summed E-state index contributed by atoms with van der Waals surface area (Å²) in [5.41, 5.74) is 1.74. The average Bonchev–Trinajstić information content (AvgIpc) is 2.72. The van der Waals surface area contributed by atoms with E-state index in [4.69, 9.17) is 16.2 Å². The van der Waals surface area contributed by atoms with Crippen molar-refractivity contribution in [2.75, 3.05) is 25.3 Å². The summed E-state index contributed by atoms with van der Waals surface area (Å²) < 4.78 is 25.9. The number of benzene rings is 3. The number of hydrogen-bond donors (Lipinski definition) is 4. The lowest BCUT2D eigenvalue weighted by atomic mass is 9.90. The number of nitrogens with one attached hydrogen (secondary N) is 1. The van der Waals surface area contributed by atoms with E-state index in [0.29, 0.717) is 18.7 Å². The molecule has 0 amide bonds. The Bertz CT molecular complexity index is 1030. The van der Waals surface area contributed by atoms with Crippen LogP contribution in [-0.4, -0.2) is 54.1 Å². The highest BCUT2D eigenvalue weighted by atomic mass is 35.5. The summed E-state index contributed by atoms with van der Waals surface area (Å²) in [6.45, 7) is 2.15. The molecule has 0 aromatic heterocycles. The second-order valence-corrected chi connectivity index (χ2v) is 9.29. The Morgan fingerprint density at radius 3 is 1.60 bits per heavy atom. The fourth-order valence-electron chi connectivity index (χ4n) is 3.33. The minimum atomic E-state index is -3.67. The van der Waals surface area contributed by atoms with Crippen molar-refractivity contribution in [1.82, 2.24) is 5.32 Å². The Morgan fingerprint density at radius 1 is 0.900 bits per heavy atom. The zero-order valence-electron chi connectivity index (χ0n) is 17.1. The Hall–Kier alpha value is -1.74. The summed E-state index contributed by atoms with van der Waals surface area (Å²) in [6.07, 6.45) is 1.54. The topological polar surface area (TPSA) is 107 Å². The van der Waals surface area contributed by atoms with Gasteiger partial charge in [-0.25, -0.2) is 0 Å². The third-order valence-corrected chi connectivity index (χ3v) is 5.08. The second kappa shape index (κ2) is 10.5. The smallest absolute Gasteiger partial charge is 0.261 e. The molecule has 0 atom stereocenters. The van der Waals surface area contributed by atoms with E-state index in [1.54, 1.807) is 0 Å². The molecule has 0 aliphatic rings. The predicted octanol–water partition coefficient (Wildman–Crippen LogP) is 3.11. The van der Waals surface area contributed by atoms with Gasteiger partial charge in [0.25, 0.3) is 10.1 Å². The van der Waals surface area contributed by atoms with Crippen LogP contribution in [0.25, 0.3) is 21.5 Å². The highest BCUT2D eigenvalue weighted by Crippen LogP contribution is 2.33. The maximum Gasteiger partial charge on any atom is 0.261 e. The van der Waals surface area contributed by atoms with Gasteiger partial charge in [-0.3, -0.25) is 4.55 Å². The van der Waals surface area contributed by atoms with Gasteiger partial charge in [-0.2, -0.15) is 8.42 Å². The molecule has 0 aliphatic carbocycles. The van der Waals surface area contributed by atoms with Gasteiger partial charge >= 0.3 is 0 Å². The molecule has 0 fully saturated rings. The SMILES string of the molecule is CC(CO)(CO)NCc1c2ccccc2c(CCCl)c2ccccc12.CS(=O)(=O)O. The summed E-state index contributed by atoms with van der Waals surface area (Å²) in [5, 5.41) is 27.3. The molecule has 3 aromatic carbocycles. The normalized spacial score (nSPS) is 12.1. The van der Waals surface area contributed by atoms with Gasteiger partial charge in [-0.1, -0.05) is 48.5 Å². The summed E-state index contributed by atoms with van der Waals surface area (Å²) in [6, 6.07) is 16.7. The molecular weight excluding hydrogens is 426 g/mol. The molecule has 4 N–H and O–H groups in total. The van der Waals surface area contributed by atoms with Crippen LogP contribution in [0.4, 0.5) is 0 Å². The average molecular weight is 454 g/mol. The first-order chi connectivity index (χ1) is 14.1. The van der Waals surface area contributed by atoms with Crippen molar-refractivity contribution in [3.05, 3.63) is 59.7 Å². The summed E-state index contributed by atoms with van der Waals surface area (Å²) in [5.74, 6) is 0.582. The van der Waals surface area contributed by atoms with Crippen molar-refractivity contribution in [1.29, 1.82) is 0 Å². The van der Waals surface area contributed by atoms with Gasteiger partial charge in [0.1, 0.15) is 0 Å². The fourth-order valence-corrected chi connectivity index (χ4v) is 3.52. The summed E-state index contributed by atoms with van der Waals surface area (Å²) in [7, 11) is -3.67. The van der Waals surface area contributed by atoms with Crippen LogP contribution in [-0.2, 0) is 23.1 Å². The van der Waals surface area contributed by atoms with Crippen LogP contribution in [0.2, 0.25) is 0 Å². The molecule has 0 unspecified atom stereocenters. The van der Waals surface area contributed by atoms with Crippen LogP contribution in [0, 0.1) is 0 Å². The van der Waals surface area contributed by atoms with Crippen LogP contribution in [0.3, 0.4) is 0 Å². The number of hydrogen-bond acceptors (Lipinski definition) is 5. The van der Waals surface area contributed by atoms with E-state index in [1.165, 1.54) is 32.7 Å². The van der Waals surface area contributed by atoms with E-state index in [2.05, 4.69) is 41.7 Å². The second-order valence-electron chi connectivity index (χ2n) is 7.45. The van der Waals surface area contributed by atoms with Crippen molar-refractivity contribution in [2.45, 2.75) is 25.4 Å². The Morgan fingerprint density at radius 2 is 1.27 bits per heavy atom. The van der Waals surface area contributed by atoms with Crippen molar-refractivity contribution in [2.24, 2.45) is 0 Å². The van der Waals surface area contributed by atoms with E-state index in [1.807, 2.05) is 19.1 Å². The maximum absolute atomic E-state index is 9.57. The third-order valence-electron chi connectivity index (χ3n) is 4.89. The molecule has 0 spiro atoms. The van der Waals surface area contributed by atoms with Gasteiger partial charge < -0.3 is 15.5 Å². The van der Waals surface area contributed by atoms with Crippen molar-refractivity contribution in [3.8, 4) is 0 Å². The molecule has 8 heteroatoms. The fraction of sp³-hybridized carbons (Fsp3) is 0.364. The standard InChI is InChI=1S/C21H24ClNO2.CH4O3S/c1-21(13-24,14-25)23-12-20-17-8-4-2-6-15(17)19(10-11-22)16-7-3-5-9-18(16)20;1-5(2,3)4/h2-9,23-25H,10-14H2,1H3;1H3,(H,2,3,4). The molecule has 3 rings (SSSR count). The number of alkyl halides is 1. The first-order valence-electron chi connectivity index (χ1n) is 9.50. The minimum Gasteiger partial charge on any atom is -0.394 e. The highest BCUT2D eigenvalue weighted by molar-refractivity contribution is 7.85. The first kappa shape index (κ1) is 24.5. The number of aliphatic hydroxyl groups is 2. The van der Waals surface area contributed by atoms with Gasteiger partial charge in [0, 0.05) is 12.4 Å². The first-order valence-corrected chi connectivity index (χ1v) is 11.9. The van der Waals surface area contributed by atoms with E-state index < -0.39 is 15.7 Å². The lowest BCUT2D eigenvalue weighted by Gasteiger charge is -2.27. The monoisotopic (exact) mass is 453 g/mol. The van der Waals surface area contributed by atoms with Gasteiger partial charge in [0.2, 0.25) is 0 Å². The van der Waals surface area contributed by atoms with E-state index >= 15 is 0 Å². The molecular formula is C22H28ClNO5S. The minimum absolute atomic E-state index is 0.121. The molecule has 0 saturated heterocycles. The van der Waals surface area contributed by atoms with Crippen LogP contribution < -0.4 is 5.32 Å². The molecule has 0 aliphatic heterocycles. The number of aliphatic hydroxyl groups excluding tert-OH is 2. The Labute approximate surface area is 182 Å². The van der Waals surface area contributed by atoms with Crippen molar-refractivity contribution < 1.29 is 23.2 Å². The maximum atomic E-state index is 9.57. The summed E-state index contributed by atoms with van der Waals surface area (Å²) in [4.78, 5) is 0. The quantitative estimate of drug-likeness (QED) is 0.249. The van der Waals surface area contributed by atoms with E-state index in [-0.39, 0.29) is 13.2 Å². The molecule has 164 valence electrons. The molecule has 0 bridgehead atoms. The van der Waals surface area contributed by atoms with Crippen LogP contribution >= 0.6 is 11.6 Å². The Kier molecular flexibility index (Phi) is 8.61. The molecule has 0 heterocycles. The van der Waals surface area contributed by atoms with Gasteiger partial charge in [0.15, 0.2) is 0 Å². The summed E-state index contributed by atoms with van der Waals surface area (Å²) >= 11 is 6.07. The molecule has 0 saturated carbocycles. The number of fused-ring (bicyclic) bond motifs is 2. The van der Waals surface area contributed by atoms with Crippen molar-refractivity contribution >= 4 is 43.3 Å². The molecule has 3 aromatic rings. The molecule has 6 nitrogen and oxygen atoms in total. The predicted molar refractivity (Wildman–Crippen MR) is 123 cm³/mol. The van der Waals surface area contributed by atoms with Crippen LogP contribution in [0.5, 0.6) is 0 Å². The number of aryl methyl sites for hydroxylation is 1. The lowest BCUT2D eigenvalue weighted by Crippen LogP contribution is -2.48. The lowest BCUT2D eigenvalue weighted by molar-refractivity contribution is 0.103. The largest absolute Gasteiger partial charge is 0.394 e. The molecule has 0 radical (unpaired) electrons. The highest BCUT2D eigenvalue weighted by Gasteiger charge is 2.22. The van der Waals surface area contributed by atoms with E-state index in [9.17, 15) is 18.6 Å². The molecule has 30 heavy (non-hydrogen) atoms. The van der Waals surface area contributed by atoms with Crippen LogP contribution in [0.15, 0.2) is 48.5 Å². The van der Waals surface area contributed by atoms with Gasteiger partial charge in [-0.05, 0) is 46.0 Å². The van der Waals surface area contributed by atoms with Crippen molar-refractivity contribution in [3.63, 3.8) is 0 Å². The van der Waals surface area contributed by atoms with Gasteiger partial charge in [-0.15, -0.1) is 11.6 Å². The zero-order chi connectivity index (χ0) is 22.4. The van der Waals surface area contributed by atoms with E-state index in [0.717, 1.165) is 6.42 Å². The zero-order valence-corrected chi connectivity index (χ0v) is 18.7. The number of halogens is 1.